The Balaban J connectivity index is 1.21. The lowest BCUT2D eigenvalue weighted by molar-refractivity contribution is 0.953. The van der Waals surface area contributed by atoms with Crippen LogP contribution in [0, 0.1) is 0 Å². The summed E-state index contributed by atoms with van der Waals surface area (Å²) in [6, 6.07) is 62.6. The van der Waals surface area contributed by atoms with E-state index in [9.17, 15) is 0 Å². The summed E-state index contributed by atoms with van der Waals surface area (Å²) in [6.45, 7) is 0. The predicted octanol–water partition coefficient (Wildman–Crippen LogP) is 12.9. The standard InChI is InChI=1S/C49H29N5S/c1-2-13-31(14-3-1)47-50-48(33-23-27-44-40(29-33)37-18-8-11-21-43(37)55-44)52-49(51-47)54-42-20-10-7-17-36(42)39-26-25-38-35-16-6-9-19-41(35)53(45(38)46(39)54)34-24-22-30-12-4-5-15-32(30)28-34/h1-29H. The summed E-state index contributed by atoms with van der Waals surface area (Å²) >= 11 is 1.81. The van der Waals surface area contributed by atoms with Gasteiger partial charge >= 0.3 is 0 Å². The van der Waals surface area contributed by atoms with Crippen molar-refractivity contribution in [1.82, 2.24) is 24.1 Å². The minimum absolute atomic E-state index is 0.577. The fourth-order valence-electron chi connectivity index (χ4n) is 8.47. The highest BCUT2D eigenvalue weighted by atomic mass is 32.1. The molecule has 6 heteroatoms. The van der Waals surface area contributed by atoms with Gasteiger partial charge in [-0.25, -0.2) is 4.98 Å². The second-order valence-electron chi connectivity index (χ2n) is 14.1. The van der Waals surface area contributed by atoms with Gasteiger partial charge in [0.05, 0.1) is 22.1 Å². The van der Waals surface area contributed by atoms with Crippen molar-refractivity contribution in [2.45, 2.75) is 0 Å². The lowest BCUT2D eigenvalue weighted by Crippen LogP contribution is -2.07. The molecule has 0 aliphatic heterocycles. The Morgan fingerprint density at radius 1 is 0.364 bits per heavy atom. The number of hydrogen-bond donors (Lipinski definition) is 0. The molecule has 0 fully saturated rings. The molecule has 0 spiro atoms. The third kappa shape index (κ3) is 4.55. The topological polar surface area (TPSA) is 48.5 Å². The van der Waals surface area contributed by atoms with Gasteiger partial charge in [0.25, 0.3) is 0 Å². The van der Waals surface area contributed by atoms with Crippen LogP contribution in [0.5, 0.6) is 0 Å². The second-order valence-corrected chi connectivity index (χ2v) is 15.1. The van der Waals surface area contributed by atoms with Gasteiger partial charge in [-0.2, -0.15) is 9.97 Å². The number of benzene rings is 8. The van der Waals surface area contributed by atoms with Gasteiger partial charge in [0.15, 0.2) is 11.6 Å². The molecule has 5 nitrogen and oxygen atoms in total. The van der Waals surface area contributed by atoms with Crippen LogP contribution >= 0.6 is 11.3 Å². The van der Waals surface area contributed by atoms with Crippen molar-refractivity contribution in [2.24, 2.45) is 0 Å². The van der Waals surface area contributed by atoms with Gasteiger partial charge in [0.1, 0.15) is 0 Å². The Labute approximate surface area is 319 Å². The van der Waals surface area contributed by atoms with Crippen LogP contribution in [-0.4, -0.2) is 24.1 Å². The van der Waals surface area contributed by atoms with Crippen molar-refractivity contribution in [3.8, 4) is 34.4 Å². The average molecular weight is 720 g/mol. The third-order valence-corrected chi connectivity index (χ3v) is 12.1. The molecule has 0 saturated heterocycles. The average Bonchev–Trinajstić information content (AvgIpc) is 3.91. The van der Waals surface area contributed by atoms with E-state index in [2.05, 4.69) is 167 Å². The van der Waals surface area contributed by atoms with Crippen molar-refractivity contribution in [1.29, 1.82) is 0 Å². The SMILES string of the molecule is c1ccc(-c2nc(-c3ccc4sc5ccccc5c4c3)nc(-n3c4ccccc4c4ccc5c6ccccc6n(-c6ccc7ccccc7c6)c5c43)n2)cc1. The maximum absolute atomic E-state index is 5.38. The Kier molecular flexibility index (Phi) is 6.44. The molecule has 12 aromatic rings. The van der Waals surface area contributed by atoms with Crippen LogP contribution in [0.25, 0.3) is 109 Å². The van der Waals surface area contributed by atoms with E-state index in [1.54, 1.807) is 0 Å². The Morgan fingerprint density at radius 2 is 0.964 bits per heavy atom. The fraction of sp³-hybridized carbons (Fsp3) is 0. The smallest absolute Gasteiger partial charge is 0.238 e. The van der Waals surface area contributed by atoms with Crippen molar-refractivity contribution in [3.63, 3.8) is 0 Å². The number of aromatic nitrogens is 5. The molecule has 4 aromatic heterocycles. The molecule has 8 aromatic carbocycles. The first kappa shape index (κ1) is 30.3. The molecule has 0 aliphatic carbocycles. The van der Waals surface area contributed by atoms with E-state index in [1.807, 2.05) is 29.5 Å². The molecule has 0 radical (unpaired) electrons. The zero-order valence-electron chi connectivity index (χ0n) is 29.4. The van der Waals surface area contributed by atoms with Gasteiger partial charge in [-0.15, -0.1) is 11.3 Å². The highest BCUT2D eigenvalue weighted by molar-refractivity contribution is 7.25. The van der Waals surface area contributed by atoms with Crippen LogP contribution in [0.3, 0.4) is 0 Å². The summed E-state index contributed by atoms with van der Waals surface area (Å²) in [5.41, 5.74) is 7.34. The minimum atomic E-state index is 0.577. The van der Waals surface area contributed by atoms with E-state index in [-0.39, 0.29) is 0 Å². The highest BCUT2D eigenvalue weighted by Gasteiger charge is 2.23. The predicted molar refractivity (Wildman–Crippen MR) is 230 cm³/mol. The van der Waals surface area contributed by atoms with Gasteiger partial charge in [0.2, 0.25) is 5.95 Å². The molecular weight excluding hydrogens is 691 g/mol. The molecule has 0 amide bonds. The normalized spacial score (nSPS) is 12.0. The molecule has 0 unspecified atom stereocenters. The first-order valence-corrected chi connectivity index (χ1v) is 19.3. The third-order valence-electron chi connectivity index (χ3n) is 11.0. The zero-order valence-corrected chi connectivity index (χ0v) is 30.2. The van der Waals surface area contributed by atoms with Gasteiger partial charge in [0, 0.05) is 58.5 Å². The number of para-hydroxylation sites is 2. The summed E-state index contributed by atoms with van der Waals surface area (Å²) in [5, 5.41) is 9.52. The summed E-state index contributed by atoms with van der Waals surface area (Å²) in [7, 11) is 0. The van der Waals surface area contributed by atoms with Crippen LogP contribution in [0.15, 0.2) is 176 Å². The van der Waals surface area contributed by atoms with E-state index in [4.69, 9.17) is 15.0 Å². The number of rotatable bonds is 4. The van der Waals surface area contributed by atoms with Gasteiger partial charge in [-0.3, -0.25) is 4.57 Å². The number of fused-ring (bicyclic) bond motifs is 11. The molecule has 0 saturated carbocycles. The lowest BCUT2D eigenvalue weighted by atomic mass is 10.1. The summed E-state index contributed by atoms with van der Waals surface area (Å²) in [6.07, 6.45) is 0. The van der Waals surface area contributed by atoms with E-state index >= 15 is 0 Å². The van der Waals surface area contributed by atoms with Crippen LogP contribution in [0.4, 0.5) is 0 Å². The molecule has 4 heterocycles. The maximum atomic E-state index is 5.38. The molecule has 256 valence electrons. The zero-order chi connectivity index (χ0) is 36.0. The molecule has 0 aliphatic rings. The fourth-order valence-corrected chi connectivity index (χ4v) is 9.55. The summed E-state index contributed by atoms with van der Waals surface area (Å²) < 4.78 is 7.20. The van der Waals surface area contributed by atoms with E-state index in [1.165, 1.54) is 41.7 Å². The van der Waals surface area contributed by atoms with Crippen LogP contribution in [0.1, 0.15) is 0 Å². The van der Waals surface area contributed by atoms with Gasteiger partial charge < -0.3 is 4.57 Å². The minimum Gasteiger partial charge on any atom is -0.307 e. The molecule has 0 bridgehead atoms. The van der Waals surface area contributed by atoms with Crippen LogP contribution < -0.4 is 0 Å². The monoisotopic (exact) mass is 719 g/mol. The number of hydrogen-bond acceptors (Lipinski definition) is 4. The van der Waals surface area contributed by atoms with E-state index in [0.29, 0.717) is 17.6 Å². The molecule has 0 atom stereocenters. The van der Waals surface area contributed by atoms with E-state index in [0.717, 1.165) is 49.7 Å². The van der Waals surface area contributed by atoms with Crippen molar-refractivity contribution in [3.05, 3.63) is 176 Å². The van der Waals surface area contributed by atoms with Crippen LogP contribution in [-0.2, 0) is 0 Å². The lowest BCUT2D eigenvalue weighted by Gasteiger charge is -2.14. The first-order valence-electron chi connectivity index (χ1n) is 18.4. The quantitative estimate of drug-likeness (QED) is 0.182. The molecule has 12 rings (SSSR count). The Bertz CT molecular complexity index is 3500. The largest absolute Gasteiger partial charge is 0.307 e. The van der Waals surface area contributed by atoms with Gasteiger partial charge in [-0.1, -0.05) is 127 Å². The second kappa shape index (κ2) is 11.7. The van der Waals surface area contributed by atoms with Crippen molar-refractivity contribution in [2.75, 3.05) is 0 Å². The summed E-state index contributed by atoms with van der Waals surface area (Å²) in [4.78, 5) is 15.9. The molecular formula is C49H29N5S. The number of nitrogens with zero attached hydrogens (tertiary/aromatic N) is 5. The maximum Gasteiger partial charge on any atom is 0.238 e. The Hall–Kier alpha value is -7.15. The summed E-state index contributed by atoms with van der Waals surface area (Å²) in [5.74, 6) is 1.84. The van der Waals surface area contributed by atoms with Crippen molar-refractivity contribution < 1.29 is 0 Å². The Morgan fingerprint density at radius 3 is 1.75 bits per heavy atom. The van der Waals surface area contributed by atoms with E-state index < -0.39 is 0 Å². The van der Waals surface area contributed by atoms with Crippen molar-refractivity contribution >= 4 is 85.9 Å². The molecule has 55 heavy (non-hydrogen) atoms. The highest BCUT2D eigenvalue weighted by Crippen LogP contribution is 2.42. The van der Waals surface area contributed by atoms with Gasteiger partial charge in [-0.05, 0) is 59.3 Å². The molecule has 0 N–H and O–H groups in total. The van der Waals surface area contributed by atoms with Crippen LogP contribution in [0.2, 0.25) is 0 Å². The first-order chi connectivity index (χ1) is 27.3. The number of thiophene rings is 1.